The Morgan fingerprint density at radius 1 is 1.19 bits per heavy atom. The first-order valence-corrected chi connectivity index (χ1v) is 8.10. The zero-order valence-electron chi connectivity index (χ0n) is 12.5. The molecule has 116 valence electrons. The summed E-state index contributed by atoms with van der Waals surface area (Å²) in [6.45, 7) is 4.15. The molecule has 2 aliphatic rings. The Morgan fingerprint density at radius 3 is 2.52 bits per heavy atom. The molecule has 0 amide bonds. The number of hydrogen-bond acceptors (Lipinski definition) is 3. The molecule has 2 saturated heterocycles. The van der Waals surface area contributed by atoms with Gasteiger partial charge >= 0.3 is 0 Å². The van der Waals surface area contributed by atoms with Crippen molar-refractivity contribution >= 4 is 11.6 Å². The molecule has 0 radical (unpaired) electrons. The molecule has 2 unspecified atom stereocenters. The van der Waals surface area contributed by atoms with Crippen LogP contribution in [0.5, 0.6) is 0 Å². The Kier molecular flexibility index (Phi) is 4.28. The first-order valence-electron chi connectivity index (χ1n) is 7.72. The Labute approximate surface area is 131 Å². The molecule has 3 nitrogen and oxygen atoms in total. The second-order valence-electron chi connectivity index (χ2n) is 6.49. The molecule has 2 aliphatic heterocycles. The molecule has 3 rings (SSSR count). The van der Waals surface area contributed by atoms with Gasteiger partial charge in [-0.2, -0.15) is 0 Å². The maximum Gasteiger partial charge on any atom is 0.0898 e. The van der Waals surface area contributed by atoms with Gasteiger partial charge in [0.15, 0.2) is 0 Å². The Balaban J connectivity index is 1.79. The summed E-state index contributed by atoms with van der Waals surface area (Å²) in [7, 11) is 0. The number of rotatable bonds is 2. The summed E-state index contributed by atoms with van der Waals surface area (Å²) in [6.07, 6.45) is 3.64. The topological polar surface area (TPSA) is 38.7 Å². The molecule has 0 bridgehead atoms. The fraction of sp³-hybridized carbons (Fsp3) is 0.647. The third kappa shape index (κ3) is 3.11. The van der Waals surface area contributed by atoms with Crippen molar-refractivity contribution in [3.63, 3.8) is 0 Å². The van der Waals surface area contributed by atoms with Crippen molar-refractivity contribution in [3.05, 3.63) is 34.9 Å². The summed E-state index contributed by atoms with van der Waals surface area (Å²) in [5.74, 6) is 0.200. The van der Waals surface area contributed by atoms with E-state index in [2.05, 4.69) is 0 Å². The average molecular weight is 311 g/mol. The van der Waals surface area contributed by atoms with Crippen LogP contribution < -0.4 is 0 Å². The monoisotopic (exact) mass is 310 g/mol. The summed E-state index contributed by atoms with van der Waals surface area (Å²) in [5, 5.41) is 11.8. The molecule has 1 aromatic carbocycles. The zero-order valence-corrected chi connectivity index (χ0v) is 13.2. The van der Waals surface area contributed by atoms with Gasteiger partial charge in [0, 0.05) is 24.8 Å². The lowest BCUT2D eigenvalue weighted by molar-refractivity contribution is -0.174. The van der Waals surface area contributed by atoms with E-state index in [1.807, 2.05) is 31.2 Å². The molecule has 1 aromatic rings. The lowest BCUT2D eigenvalue weighted by Crippen LogP contribution is -2.48. The molecule has 21 heavy (non-hydrogen) atoms. The van der Waals surface area contributed by atoms with Crippen LogP contribution in [0.1, 0.15) is 38.2 Å². The zero-order chi connectivity index (χ0) is 14.9. The van der Waals surface area contributed by atoms with Crippen molar-refractivity contribution in [1.82, 2.24) is 0 Å². The summed E-state index contributed by atoms with van der Waals surface area (Å²) >= 11 is 5.95. The van der Waals surface area contributed by atoms with Crippen molar-refractivity contribution in [2.75, 3.05) is 19.8 Å². The van der Waals surface area contributed by atoms with Crippen LogP contribution in [-0.2, 0) is 15.1 Å². The van der Waals surface area contributed by atoms with E-state index in [-0.39, 0.29) is 11.5 Å². The normalized spacial score (nSPS) is 28.2. The second kappa shape index (κ2) is 5.88. The maximum absolute atomic E-state index is 11.1. The lowest BCUT2D eigenvalue weighted by atomic mass is 9.71. The van der Waals surface area contributed by atoms with Gasteiger partial charge in [0.1, 0.15) is 0 Å². The molecule has 0 aliphatic carbocycles. The second-order valence-corrected chi connectivity index (χ2v) is 6.92. The van der Waals surface area contributed by atoms with E-state index in [0.29, 0.717) is 11.6 Å². The highest BCUT2D eigenvalue weighted by atomic mass is 35.5. The lowest BCUT2D eigenvalue weighted by Gasteiger charge is -2.47. The van der Waals surface area contributed by atoms with Crippen LogP contribution in [0.25, 0.3) is 0 Å². The van der Waals surface area contributed by atoms with Crippen molar-refractivity contribution in [1.29, 1.82) is 0 Å². The van der Waals surface area contributed by atoms with E-state index in [9.17, 15) is 5.11 Å². The fourth-order valence-electron chi connectivity index (χ4n) is 3.62. The van der Waals surface area contributed by atoms with Crippen LogP contribution in [0, 0.1) is 5.92 Å². The molecular weight excluding hydrogens is 288 g/mol. The predicted molar refractivity (Wildman–Crippen MR) is 82.5 cm³/mol. The van der Waals surface area contributed by atoms with Crippen molar-refractivity contribution in [2.24, 2.45) is 5.92 Å². The summed E-state index contributed by atoms with van der Waals surface area (Å²) in [4.78, 5) is 0. The van der Waals surface area contributed by atoms with Gasteiger partial charge in [-0.25, -0.2) is 0 Å². The number of hydrogen-bond donors (Lipinski definition) is 1. The Bertz CT molecular complexity index is 472. The molecule has 2 fully saturated rings. The van der Waals surface area contributed by atoms with Crippen molar-refractivity contribution in [3.8, 4) is 0 Å². The summed E-state index contributed by atoms with van der Waals surface area (Å²) < 4.78 is 11.5. The van der Waals surface area contributed by atoms with Crippen LogP contribution >= 0.6 is 11.6 Å². The minimum atomic E-state index is -0.848. The van der Waals surface area contributed by atoms with Gasteiger partial charge in [-0.05, 0) is 56.2 Å². The number of ether oxygens (including phenoxy) is 2. The third-order valence-corrected chi connectivity index (χ3v) is 5.37. The molecular formula is C17H23ClO3. The van der Waals surface area contributed by atoms with Gasteiger partial charge in [0.25, 0.3) is 0 Å². The third-order valence-electron chi connectivity index (χ3n) is 5.12. The van der Waals surface area contributed by atoms with Crippen LogP contribution in [-0.4, -0.2) is 30.5 Å². The SMILES string of the molecule is CC(O)(c1ccc(Cl)cc1)C1CCOC2(CCOCC2)C1. The van der Waals surface area contributed by atoms with Crippen molar-refractivity contribution in [2.45, 2.75) is 43.8 Å². The smallest absolute Gasteiger partial charge is 0.0898 e. The van der Waals surface area contributed by atoms with Crippen LogP contribution in [0.2, 0.25) is 5.02 Å². The Morgan fingerprint density at radius 2 is 1.86 bits per heavy atom. The highest BCUT2D eigenvalue weighted by Crippen LogP contribution is 2.44. The first kappa shape index (κ1) is 15.3. The van der Waals surface area contributed by atoms with Crippen LogP contribution in [0.4, 0.5) is 0 Å². The Hall–Kier alpha value is -0.610. The van der Waals surface area contributed by atoms with E-state index >= 15 is 0 Å². The molecule has 2 heterocycles. The molecule has 2 atom stereocenters. The standard InChI is InChI=1S/C17H23ClO3/c1-16(19,13-2-4-15(18)5-3-13)14-6-9-21-17(12-14)7-10-20-11-8-17/h2-5,14,19H,6-12H2,1H3. The van der Waals surface area contributed by atoms with Gasteiger partial charge in [-0.15, -0.1) is 0 Å². The van der Waals surface area contributed by atoms with E-state index in [0.717, 1.165) is 44.5 Å². The highest BCUT2D eigenvalue weighted by molar-refractivity contribution is 6.30. The molecule has 4 heteroatoms. The van der Waals surface area contributed by atoms with E-state index in [1.54, 1.807) is 0 Å². The van der Waals surface area contributed by atoms with E-state index in [4.69, 9.17) is 21.1 Å². The van der Waals surface area contributed by atoms with Gasteiger partial charge in [0.05, 0.1) is 11.2 Å². The van der Waals surface area contributed by atoms with Gasteiger partial charge in [-0.3, -0.25) is 0 Å². The van der Waals surface area contributed by atoms with Gasteiger partial charge in [-0.1, -0.05) is 23.7 Å². The number of halogens is 1. The highest BCUT2D eigenvalue weighted by Gasteiger charge is 2.45. The van der Waals surface area contributed by atoms with E-state index < -0.39 is 5.60 Å². The van der Waals surface area contributed by atoms with Crippen LogP contribution in [0.3, 0.4) is 0 Å². The largest absolute Gasteiger partial charge is 0.385 e. The number of benzene rings is 1. The maximum atomic E-state index is 11.1. The summed E-state index contributed by atoms with van der Waals surface area (Å²) in [5.41, 5.74) is -0.0157. The van der Waals surface area contributed by atoms with E-state index in [1.165, 1.54) is 0 Å². The fourth-order valence-corrected chi connectivity index (χ4v) is 3.75. The molecule has 1 N–H and O–H groups in total. The van der Waals surface area contributed by atoms with Crippen LogP contribution in [0.15, 0.2) is 24.3 Å². The molecule has 0 aromatic heterocycles. The minimum absolute atomic E-state index is 0.0996. The predicted octanol–water partition coefficient (Wildman–Crippen LogP) is 3.52. The summed E-state index contributed by atoms with van der Waals surface area (Å²) in [6, 6.07) is 7.53. The van der Waals surface area contributed by atoms with Crippen molar-refractivity contribution < 1.29 is 14.6 Å². The van der Waals surface area contributed by atoms with Gasteiger partial charge in [0.2, 0.25) is 0 Å². The minimum Gasteiger partial charge on any atom is -0.385 e. The molecule has 0 saturated carbocycles. The molecule has 1 spiro atoms. The van der Waals surface area contributed by atoms with Gasteiger partial charge < -0.3 is 14.6 Å². The quantitative estimate of drug-likeness (QED) is 0.908. The first-order chi connectivity index (χ1) is 10.0. The number of aliphatic hydroxyl groups is 1. The average Bonchev–Trinajstić information content (AvgIpc) is 2.48.